The number of fused-ring (bicyclic) bond motifs is 3. The molecule has 3 aliphatic heterocycles. The number of carbonyl (C=O) groups excluding carboxylic acids is 1. The van der Waals surface area contributed by atoms with Crippen LogP contribution < -0.4 is 24.3 Å². The van der Waals surface area contributed by atoms with Crippen LogP contribution in [0.25, 0.3) is 0 Å². The lowest BCUT2D eigenvalue weighted by Crippen LogP contribution is -2.34. The molecule has 0 aromatic heterocycles. The molecule has 140 valence electrons. The van der Waals surface area contributed by atoms with Crippen LogP contribution in [0.15, 0.2) is 24.3 Å². The highest BCUT2D eigenvalue weighted by Crippen LogP contribution is 2.48. The van der Waals surface area contributed by atoms with Crippen LogP contribution in [0.4, 0.5) is 0 Å². The molecule has 0 unspecified atom stereocenters. The molecule has 0 bridgehead atoms. The van der Waals surface area contributed by atoms with E-state index in [1.54, 1.807) is 13.2 Å². The van der Waals surface area contributed by atoms with Gasteiger partial charge in [-0.15, -0.1) is 0 Å². The number of rotatable bonds is 3. The Hall–Kier alpha value is -2.93. The Labute approximate surface area is 156 Å². The Balaban J connectivity index is 1.60. The Morgan fingerprint density at radius 1 is 1.07 bits per heavy atom. The molecule has 1 N–H and O–H groups in total. The molecular weight excluding hydrogens is 350 g/mol. The maximum atomic E-state index is 12.6. The maximum absolute atomic E-state index is 12.6. The number of benzene rings is 2. The van der Waals surface area contributed by atoms with Gasteiger partial charge >= 0.3 is 5.97 Å². The van der Waals surface area contributed by atoms with Gasteiger partial charge in [-0.05, 0) is 42.3 Å². The summed E-state index contributed by atoms with van der Waals surface area (Å²) >= 11 is 0. The van der Waals surface area contributed by atoms with Gasteiger partial charge in [0.25, 0.3) is 0 Å². The topological polar surface area (TPSA) is 75.3 Å². The zero-order valence-corrected chi connectivity index (χ0v) is 15.0. The minimum Gasteiger partial charge on any atom is -0.493 e. The van der Waals surface area contributed by atoms with Crippen molar-refractivity contribution in [2.45, 2.75) is 18.6 Å². The molecule has 5 rings (SSSR count). The molecule has 0 spiro atoms. The monoisotopic (exact) mass is 369 g/mol. The van der Waals surface area contributed by atoms with Gasteiger partial charge in [0.15, 0.2) is 23.0 Å². The van der Waals surface area contributed by atoms with Crippen LogP contribution in [0, 0.1) is 0 Å². The third kappa shape index (κ3) is 2.35. The van der Waals surface area contributed by atoms with E-state index in [1.165, 1.54) is 12.7 Å². The van der Waals surface area contributed by atoms with Crippen molar-refractivity contribution < 1.29 is 28.5 Å². The van der Waals surface area contributed by atoms with E-state index in [2.05, 4.69) is 5.32 Å². The van der Waals surface area contributed by atoms with Crippen molar-refractivity contribution in [3.63, 3.8) is 0 Å². The summed E-state index contributed by atoms with van der Waals surface area (Å²) in [7, 11) is 3.07. The molecule has 0 saturated carbocycles. The first-order chi connectivity index (χ1) is 13.2. The molecule has 2 aromatic rings. The standard InChI is InChI=1S/C20H19NO6/c1-23-13-4-3-11-16(19(13)24-2)20(22)27-18(11)17-12-8-15-14(25-9-26-15)7-10(12)5-6-21-17/h3-4,7-8,17-18,21H,5-6,9H2,1-2H3/t17-,18+/m1/s1. The SMILES string of the molecule is COc1ccc2c(c1OC)C(=O)O[C@@H]2[C@@H]1NCCc2cc3c(cc21)OCO3. The molecule has 0 fully saturated rings. The largest absolute Gasteiger partial charge is 0.493 e. The second-order valence-electron chi connectivity index (χ2n) is 6.68. The predicted molar refractivity (Wildman–Crippen MR) is 94.7 cm³/mol. The highest BCUT2D eigenvalue weighted by molar-refractivity contribution is 5.98. The number of hydrogen-bond donors (Lipinski definition) is 1. The fourth-order valence-corrected chi connectivity index (χ4v) is 4.12. The number of esters is 1. The third-order valence-corrected chi connectivity index (χ3v) is 5.35. The summed E-state index contributed by atoms with van der Waals surface area (Å²) in [6, 6.07) is 7.51. The van der Waals surface area contributed by atoms with Gasteiger partial charge in [0.1, 0.15) is 11.7 Å². The first-order valence-electron chi connectivity index (χ1n) is 8.83. The molecule has 27 heavy (non-hydrogen) atoms. The summed E-state index contributed by atoms with van der Waals surface area (Å²) in [4.78, 5) is 12.6. The molecule has 2 atom stereocenters. The first kappa shape index (κ1) is 16.3. The van der Waals surface area contributed by atoms with E-state index in [-0.39, 0.29) is 12.8 Å². The molecule has 3 aliphatic rings. The van der Waals surface area contributed by atoms with E-state index in [4.69, 9.17) is 23.7 Å². The van der Waals surface area contributed by atoms with Crippen LogP contribution in [-0.4, -0.2) is 33.5 Å². The fraction of sp³-hybridized carbons (Fsp3) is 0.350. The molecule has 0 amide bonds. The molecule has 0 saturated heterocycles. The Kier molecular flexibility index (Phi) is 3.65. The summed E-state index contributed by atoms with van der Waals surface area (Å²) in [5, 5.41) is 3.49. The van der Waals surface area contributed by atoms with Crippen molar-refractivity contribution in [2.75, 3.05) is 27.6 Å². The molecule has 0 radical (unpaired) electrons. The highest BCUT2D eigenvalue weighted by atomic mass is 16.7. The molecule has 7 heteroatoms. The van der Waals surface area contributed by atoms with Gasteiger partial charge in [-0.3, -0.25) is 0 Å². The van der Waals surface area contributed by atoms with Crippen molar-refractivity contribution >= 4 is 5.97 Å². The van der Waals surface area contributed by atoms with Crippen molar-refractivity contribution in [1.29, 1.82) is 0 Å². The van der Waals surface area contributed by atoms with Crippen LogP contribution in [0.2, 0.25) is 0 Å². The van der Waals surface area contributed by atoms with Crippen LogP contribution in [0.5, 0.6) is 23.0 Å². The lowest BCUT2D eigenvalue weighted by atomic mass is 9.87. The van der Waals surface area contributed by atoms with Gasteiger partial charge in [0.2, 0.25) is 6.79 Å². The van der Waals surface area contributed by atoms with Gasteiger partial charge in [0, 0.05) is 5.56 Å². The summed E-state index contributed by atoms with van der Waals surface area (Å²) in [6.07, 6.45) is 0.425. The zero-order chi connectivity index (χ0) is 18.5. The van der Waals surface area contributed by atoms with Crippen molar-refractivity contribution in [1.82, 2.24) is 5.32 Å². The Morgan fingerprint density at radius 2 is 1.89 bits per heavy atom. The van der Waals surface area contributed by atoms with E-state index >= 15 is 0 Å². The fourth-order valence-electron chi connectivity index (χ4n) is 4.12. The summed E-state index contributed by atoms with van der Waals surface area (Å²) < 4.78 is 27.6. The van der Waals surface area contributed by atoms with Crippen molar-refractivity contribution in [2.24, 2.45) is 0 Å². The first-order valence-corrected chi connectivity index (χ1v) is 8.83. The van der Waals surface area contributed by atoms with Crippen LogP contribution >= 0.6 is 0 Å². The Morgan fingerprint density at radius 3 is 2.67 bits per heavy atom. The van der Waals surface area contributed by atoms with E-state index < -0.39 is 12.1 Å². The van der Waals surface area contributed by atoms with Gasteiger partial charge in [-0.25, -0.2) is 4.79 Å². The molecule has 3 heterocycles. The lowest BCUT2D eigenvalue weighted by Gasteiger charge is -2.31. The molecular formula is C20H19NO6. The average Bonchev–Trinajstić information content (AvgIpc) is 3.28. The van der Waals surface area contributed by atoms with Crippen LogP contribution in [-0.2, 0) is 11.2 Å². The minimum atomic E-state index is -0.452. The number of ether oxygens (including phenoxy) is 5. The second-order valence-corrected chi connectivity index (χ2v) is 6.68. The van der Waals surface area contributed by atoms with Gasteiger partial charge < -0.3 is 29.0 Å². The van der Waals surface area contributed by atoms with Crippen molar-refractivity contribution in [3.05, 3.63) is 46.5 Å². The number of nitrogens with one attached hydrogen (secondary N) is 1. The summed E-state index contributed by atoms with van der Waals surface area (Å²) in [5.41, 5.74) is 3.45. The maximum Gasteiger partial charge on any atom is 0.343 e. The molecule has 2 aromatic carbocycles. The van der Waals surface area contributed by atoms with E-state index in [0.717, 1.165) is 35.6 Å². The number of methoxy groups -OCH3 is 2. The van der Waals surface area contributed by atoms with Gasteiger partial charge in [-0.2, -0.15) is 0 Å². The van der Waals surface area contributed by atoms with Crippen LogP contribution in [0.3, 0.4) is 0 Å². The second kappa shape index (κ2) is 6.06. The third-order valence-electron chi connectivity index (χ3n) is 5.35. The highest BCUT2D eigenvalue weighted by Gasteiger charge is 2.42. The molecule has 7 nitrogen and oxygen atoms in total. The Bertz CT molecular complexity index is 941. The summed E-state index contributed by atoms with van der Waals surface area (Å²) in [6.45, 7) is 1.02. The number of carbonyl (C=O) groups is 1. The predicted octanol–water partition coefficient (Wildman–Crippen LogP) is 2.53. The van der Waals surface area contributed by atoms with Crippen LogP contribution in [0.1, 0.15) is 39.2 Å². The normalized spacial score (nSPS) is 22.1. The lowest BCUT2D eigenvalue weighted by molar-refractivity contribution is 0.0284. The van der Waals surface area contributed by atoms with Gasteiger partial charge in [-0.1, -0.05) is 6.07 Å². The van der Waals surface area contributed by atoms with Crippen molar-refractivity contribution in [3.8, 4) is 23.0 Å². The van der Waals surface area contributed by atoms with E-state index in [9.17, 15) is 4.79 Å². The zero-order valence-electron chi connectivity index (χ0n) is 15.0. The quantitative estimate of drug-likeness (QED) is 0.833. The van der Waals surface area contributed by atoms with Gasteiger partial charge in [0.05, 0.1) is 20.3 Å². The number of cyclic esters (lactones) is 1. The summed E-state index contributed by atoms with van der Waals surface area (Å²) in [5.74, 6) is 2.00. The number of hydrogen-bond acceptors (Lipinski definition) is 7. The van der Waals surface area contributed by atoms with E-state index in [0.29, 0.717) is 17.1 Å². The smallest absolute Gasteiger partial charge is 0.343 e. The minimum absolute atomic E-state index is 0.174. The average molecular weight is 369 g/mol. The molecule has 0 aliphatic carbocycles. The van der Waals surface area contributed by atoms with E-state index in [1.807, 2.05) is 18.2 Å².